The second-order valence-electron chi connectivity index (χ2n) is 8.97. The SMILES string of the molecule is c1ccc(Oc2ccc([S+](c3ccc(Oc4ccccc4)cc3)c3ccc(Oc4ccccc4)cc3)cc2)cc1. The van der Waals surface area contributed by atoms with Gasteiger partial charge in [0, 0.05) is 0 Å². The van der Waals surface area contributed by atoms with Crippen molar-refractivity contribution in [3.8, 4) is 34.5 Å². The van der Waals surface area contributed by atoms with Crippen LogP contribution in [0.15, 0.2) is 178 Å². The molecule has 0 aromatic heterocycles. The molecule has 0 amide bonds. The van der Waals surface area contributed by atoms with Crippen molar-refractivity contribution in [2.45, 2.75) is 14.7 Å². The lowest BCUT2D eigenvalue weighted by Crippen LogP contribution is -2.05. The number of rotatable bonds is 9. The summed E-state index contributed by atoms with van der Waals surface area (Å²) in [6, 6.07) is 54.5. The van der Waals surface area contributed by atoms with Gasteiger partial charge in [-0.1, -0.05) is 54.6 Å². The standard InChI is InChI=1S/C36H27O3S/c1-4-10-28(11-5-1)37-31-16-22-34(23-17-31)40(35-24-18-32(19-25-35)38-29-12-6-2-7-13-29)36-26-20-33(21-27-36)39-30-14-8-3-9-15-30/h1-27H/q+1. The highest BCUT2D eigenvalue weighted by Gasteiger charge is 2.29. The van der Waals surface area contributed by atoms with Gasteiger partial charge in [-0.15, -0.1) is 0 Å². The predicted octanol–water partition coefficient (Wildman–Crippen LogP) is 10.2. The van der Waals surface area contributed by atoms with Crippen molar-refractivity contribution in [1.82, 2.24) is 0 Å². The van der Waals surface area contributed by atoms with E-state index in [1.54, 1.807) is 0 Å². The zero-order chi connectivity index (χ0) is 27.0. The molecule has 0 N–H and O–H groups in total. The molecule has 194 valence electrons. The molecule has 6 aromatic carbocycles. The summed E-state index contributed by atoms with van der Waals surface area (Å²) in [5, 5.41) is 0. The highest BCUT2D eigenvalue weighted by Crippen LogP contribution is 2.35. The summed E-state index contributed by atoms with van der Waals surface area (Å²) in [4.78, 5) is 3.57. The van der Waals surface area contributed by atoms with Crippen molar-refractivity contribution in [2.24, 2.45) is 0 Å². The minimum Gasteiger partial charge on any atom is -0.457 e. The average Bonchev–Trinajstić information content (AvgIpc) is 3.01. The van der Waals surface area contributed by atoms with Crippen LogP contribution in [0.2, 0.25) is 0 Å². The zero-order valence-electron chi connectivity index (χ0n) is 21.7. The summed E-state index contributed by atoms with van der Waals surface area (Å²) in [6.07, 6.45) is 0. The Labute approximate surface area is 237 Å². The number of hydrogen-bond acceptors (Lipinski definition) is 3. The first kappa shape index (κ1) is 25.4. The van der Waals surface area contributed by atoms with Gasteiger partial charge in [0.2, 0.25) is 0 Å². The molecule has 0 aliphatic rings. The Hall–Kier alpha value is -4.93. The van der Waals surface area contributed by atoms with Crippen LogP contribution in [0.4, 0.5) is 0 Å². The summed E-state index contributed by atoms with van der Waals surface area (Å²) in [5.41, 5.74) is 0. The molecule has 3 nitrogen and oxygen atoms in total. The quantitative estimate of drug-likeness (QED) is 0.171. The number of benzene rings is 6. The van der Waals surface area contributed by atoms with Crippen LogP contribution < -0.4 is 14.2 Å². The van der Waals surface area contributed by atoms with Crippen LogP contribution in [0.1, 0.15) is 0 Å². The van der Waals surface area contributed by atoms with Crippen LogP contribution in [0.5, 0.6) is 34.5 Å². The second-order valence-corrected chi connectivity index (χ2v) is 11.0. The maximum Gasteiger partial charge on any atom is 0.166 e. The van der Waals surface area contributed by atoms with Gasteiger partial charge in [0.25, 0.3) is 0 Å². The van der Waals surface area contributed by atoms with E-state index in [0.29, 0.717) is 0 Å². The number of para-hydroxylation sites is 3. The van der Waals surface area contributed by atoms with Gasteiger partial charge in [0.05, 0.1) is 10.9 Å². The fourth-order valence-corrected chi connectivity index (χ4v) is 6.25. The zero-order valence-corrected chi connectivity index (χ0v) is 22.5. The van der Waals surface area contributed by atoms with Gasteiger partial charge in [-0.05, 0) is 109 Å². The van der Waals surface area contributed by atoms with Crippen LogP contribution >= 0.6 is 0 Å². The first-order valence-corrected chi connectivity index (χ1v) is 14.3. The fraction of sp³-hybridized carbons (Fsp3) is 0. The lowest BCUT2D eigenvalue weighted by molar-refractivity contribution is 0.482. The Bertz CT molecular complexity index is 1420. The molecule has 0 spiro atoms. The minimum absolute atomic E-state index is 0.346. The molecule has 0 radical (unpaired) electrons. The lowest BCUT2D eigenvalue weighted by Gasteiger charge is -2.11. The van der Waals surface area contributed by atoms with E-state index in [1.807, 2.05) is 127 Å². The van der Waals surface area contributed by atoms with E-state index < -0.39 is 0 Å². The molecule has 0 aliphatic carbocycles. The van der Waals surface area contributed by atoms with Gasteiger partial charge in [-0.25, -0.2) is 0 Å². The van der Waals surface area contributed by atoms with E-state index in [-0.39, 0.29) is 10.9 Å². The van der Waals surface area contributed by atoms with Crippen molar-refractivity contribution in [3.05, 3.63) is 164 Å². The summed E-state index contributed by atoms with van der Waals surface area (Å²) < 4.78 is 18.1. The molecule has 0 saturated heterocycles. The van der Waals surface area contributed by atoms with Crippen molar-refractivity contribution >= 4 is 10.9 Å². The van der Waals surface area contributed by atoms with Crippen molar-refractivity contribution in [2.75, 3.05) is 0 Å². The third kappa shape index (κ3) is 6.37. The van der Waals surface area contributed by atoms with Gasteiger partial charge in [0.15, 0.2) is 14.7 Å². The van der Waals surface area contributed by atoms with Gasteiger partial charge in [-0.3, -0.25) is 0 Å². The third-order valence-corrected chi connectivity index (χ3v) is 8.35. The maximum absolute atomic E-state index is 6.04. The minimum atomic E-state index is -0.346. The van der Waals surface area contributed by atoms with Gasteiger partial charge >= 0.3 is 0 Å². The smallest absolute Gasteiger partial charge is 0.166 e. The van der Waals surface area contributed by atoms with Gasteiger partial charge in [0.1, 0.15) is 34.5 Å². The average molecular weight is 540 g/mol. The Morgan fingerprint density at radius 3 is 0.725 bits per heavy atom. The van der Waals surface area contributed by atoms with Crippen LogP contribution in [-0.2, 0) is 10.9 Å². The highest BCUT2D eigenvalue weighted by molar-refractivity contribution is 7.97. The highest BCUT2D eigenvalue weighted by atomic mass is 32.2. The van der Waals surface area contributed by atoms with Crippen LogP contribution in [0, 0.1) is 0 Å². The van der Waals surface area contributed by atoms with Crippen LogP contribution in [-0.4, -0.2) is 0 Å². The Morgan fingerprint density at radius 2 is 0.475 bits per heavy atom. The van der Waals surface area contributed by atoms with Gasteiger partial charge in [-0.2, -0.15) is 0 Å². The largest absolute Gasteiger partial charge is 0.457 e. The molecule has 0 bridgehead atoms. The summed E-state index contributed by atoms with van der Waals surface area (Å²) in [6.45, 7) is 0. The molecule has 0 aliphatic heterocycles. The molecule has 0 heterocycles. The van der Waals surface area contributed by atoms with Crippen molar-refractivity contribution in [1.29, 1.82) is 0 Å². The third-order valence-electron chi connectivity index (χ3n) is 6.12. The molecular weight excluding hydrogens is 512 g/mol. The number of ether oxygens (including phenoxy) is 3. The first-order chi connectivity index (χ1) is 19.8. The number of hydrogen-bond donors (Lipinski definition) is 0. The maximum atomic E-state index is 6.04. The van der Waals surface area contributed by atoms with Crippen LogP contribution in [0.3, 0.4) is 0 Å². The predicted molar refractivity (Wildman–Crippen MR) is 161 cm³/mol. The van der Waals surface area contributed by atoms with Gasteiger partial charge < -0.3 is 14.2 Å². The summed E-state index contributed by atoms with van der Waals surface area (Å²) in [7, 11) is -0.346. The molecule has 6 rings (SSSR count). The van der Waals surface area contributed by atoms with E-state index >= 15 is 0 Å². The van der Waals surface area contributed by atoms with Crippen LogP contribution in [0.25, 0.3) is 0 Å². The Balaban J connectivity index is 1.28. The van der Waals surface area contributed by atoms with E-state index in [4.69, 9.17) is 14.2 Å². The molecule has 6 aromatic rings. The fourth-order valence-electron chi connectivity index (χ4n) is 4.21. The van der Waals surface area contributed by atoms with Crippen molar-refractivity contribution < 1.29 is 14.2 Å². The Morgan fingerprint density at radius 1 is 0.250 bits per heavy atom. The molecular formula is C36H27O3S+. The normalized spacial score (nSPS) is 10.7. The molecule has 40 heavy (non-hydrogen) atoms. The second kappa shape index (κ2) is 12.3. The molecule has 4 heteroatoms. The van der Waals surface area contributed by atoms with Crippen molar-refractivity contribution in [3.63, 3.8) is 0 Å². The summed E-state index contributed by atoms with van der Waals surface area (Å²) >= 11 is 0. The van der Waals surface area contributed by atoms with E-state index in [1.165, 1.54) is 14.7 Å². The molecule has 0 atom stereocenters. The monoisotopic (exact) mass is 539 g/mol. The van der Waals surface area contributed by atoms with E-state index in [9.17, 15) is 0 Å². The molecule has 0 saturated carbocycles. The molecule has 0 fully saturated rings. The summed E-state index contributed by atoms with van der Waals surface area (Å²) in [5.74, 6) is 4.86. The molecule has 0 unspecified atom stereocenters. The topological polar surface area (TPSA) is 27.7 Å². The van der Waals surface area contributed by atoms with E-state index in [0.717, 1.165) is 34.5 Å². The van der Waals surface area contributed by atoms with E-state index in [2.05, 4.69) is 36.4 Å². The Kier molecular flexibility index (Phi) is 7.79. The lowest BCUT2D eigenvalue weighted by atomic mass is 10.3. The first-order valence-electron chi connectivity index (χ1n) is 13.0.